The van der Waals surface area contributed by atoms with Gasteiger partial charge in [-0.05, 0) is 30.7 Å². The van der Waals surface area contributed by atoms with Crippen molar-refractivity contribution in [2.75, 3.05) is 0 Å². The number of aromatic nitrogens is 2. The summed E-state index contributed by atoms with van der Waals surface area (Å²) in [4.78, 5) is 42.2. The summed E-state index contributed by atoms with van der Waals surface area (Å²) < 4.78 is 55.7. The maximum absolute atomic E-state index is 15.6. The number of fused-ring (bicyclic) bond motifs is 1. The van der Waals surface area contributed by atoms with E-state index in [2.05, 4.69) is 10.3 Å². The third-order valence-electron chi connectivity index (χ3n) is 6.27. The molecule has 3 amide bonds. The van der Waals surface area contributed by atoms with Crippen molar-refractivity contribution in [3.05, 3.63) is 65.1 Å². The number of halogens is 4. The maximum atomic E-state index is 15.6. The first-order valence-electron chi connectivity index (χ1n) is 10.7. The number of carbonyl (C=O) groups is 3. The van der Waals surface area contributed by atoms with Crippen molar-refractivity contribution in [3.63, 3.8) is 0 Å². The van der Waals surface area contributed by atoms with Gasteiger partial charge in [0, 0.05) is 41.9 Å². The van der Waals surface area contributed by atoms with Gasteiger partial charge in [-0.1, -0.05) is 12.1 Å². The van der Waals surface area contributed by atoms with E-state index in [0.29, 0.717) is 11.4 Å². The highest BCUT2D eigenvalue weighted by Crippen LogP contribution is 2.35. The van der Waals surface area contributed by atoms with Crippen LogP contribution in [-0.4, -0.2) is 38.2 Å². The molecule has 180 valence electrons. The number of nitrogens with zero attached hydrogens (tertiary/aromatic N) is 3. The molecule has 1 saturated heterocycles. The molecule has 0 saturated carbocycles. The lowest BCUT2D eigenvalue weighted by molar-refractivity contribution is -0.138. The summed E-state index contributed by atoms with van der Waals surface area (Å²) in [7, 11) is 1.64. The predicted molar refractivity (Wildman–Crippen MR) is 115 cm³/mol. The molecule has 0 aliphatic carbocycles. The molecule has 1 unspecified atom stereocenters. The van der Waals surface area contributed by atoms with Crippen molar-refractivity contribution in [2.45, 2.75) is 31.6 Å². The molecule has 3 aromatic rings. The van der Waals surface area contributed by atoms with Crippen LogP contribution in [0.15, 0.2) is 42.6 Å². The van der Waals surface area contributed by atoms with Crippen LogP contribution in [-0.2, 0) is 29.4 Å². The van der Waals surface area contributed by atoms with E-state index < -0.39 is 41.3 Å². The van der Waals surface area contributed by atoms with E-state index >= 15 is 4.39 Å². The zero-order valence-electron chi connectivity index (χ0n) is 18.3. The van der Waals surface area contributed by atoms with Gasteiger partial charge in [0.2, 0.25) is 11.8 Å². The highest BCUT2D eigenvalue weighted by Gasteiger charge is 2.40. The number of amides is 3. The number of imide groups is 1. The lowest BCUT2D eigenvalue weighted by Crippen LogP contribution is -2.52. The Kier molecular flexibility index (Phi) is 5.22. The van der Waals surface area contributed by atoms with Gasteiger partial charge in [0.1, 0.15) is 17.7 Å². The van der Waals surface area contributed by atoms with Crippen LogP contribution in [0, 0.1) is 5.82 Å². The van der Waals surface area contributed by atoms with E-state index in [9.17, 15) is 27.6 Å². The maximum Gasteiger partial charge on any atom is 0.416 e. The minimum atomic E-state index is -4.46. The van der Waals surface area contributed by atoms with Crippen LogP contribution in [0.5, 0.6) is 0 Å². The zero-order chi connectivity index (χ0) is 25.1. The van der Waals surface area contributed by atoms with Crippen LogP contribution in [0.2, 0.25) is 0 Å². The predicted octanol–water partition coefficient (Wildman–Crippen LogP) is 3.67. The number of rotatable bonds is 3. The van der Waals surface area contributed by atoms with Gasteiger partial charge in [-0.2, -0.15) is 13.2 Å². The van der Waals surface area contributed by atoms with Crippen LogP contribution >= 0.6 is 0 Å². The van der Waals surface area contributed by atoms with Crippen molar-refractivity contribution in [1.29, 1.82) is 0 Å². The van der Waals surface area contributed by atoms with E-state index in [1.54, 1.807) is 17.8 Å². The van der Waals surface area contributed by atoms with Gasteiger partial charge in [0.05, 0.1) is 17.8 Å². The van der Waals surface area contributed by atoms with E-state index in [1.807, 2.05) is 0 Å². The van der Waals surface area contributed by atoms with Crippen molar-refractivity contribution >= 4 is 17.7 Å². The average molecular weight is 486 g/mol. The molecule has 2 aliphatic rings. The summed E-state index contributed by atoms with van der Waals surface area (Å²) >= 11 is 0. The Bertz CT molecular complexity index is 1380. The zero-order valence-corrected chi connectivity index (χ0v) is 18.3. The van der Waals surface area contributed by atoms with Crippen molar-refractivity contribution < 1.29 is 31.9 Å². The molecular weight excluding hydrogens is 468 g/mol. The fourth-order valence-corrected chi connectivity index (χ4v) is 4.47. The van der Waals surface area contributed by atoms with Gasteiger partial charge in [0.25, 0.3) is 5.91 Å². The van der Waals surface area contributed by atoms with E-state index in [0.717, 1.165) is 12.1 Å². The first kappa shape index (κ1) is 22.8. The summed E-state index contributed by atoms with van der Waals surface area (Å²) in [6.07, 6.45) is -2.66. The number of alkyl halides is 3. The van der Waals surface area contributed by atoms with Gasteiger partial charge < -0.3 is 9.47 Å². The van der Waals surface area contributed by atoms with Crippen LogP contribution in [0.25, 0.3) is 22.6 Å². The third-order valence-corrected chi connectivity index (χ3v) is 6.27. The normalized spacial score (nSPS) is 18.1. The summed E-state index contributed by atoms with van der Waals surface area (Å²) in [5.41, 5.74) is 0.261. The Morgan fingerprint density at radius 2 is 1.71 bits per heavy atom. The Morgan fingerprint density at radius 3 is 2.37 bits per heavy atom. The average Bonchev–Trinajstić information content (AvgIpc) is 3.34. The molecule has 1 N–H and O–H groups in total. The summed E-state index contributed by atoms with van der Waals surface area (Å²) in [5.74, 6) is -1.82. The number of aryl methyl sites for hydroxylation is 1. The lowest BCUT2D eigenvalue weighted by Gasteiger charge is -2.29. The van der Waals surface area contributed by atoms with Crippen LogP contribution in [0.1, 0.15) is 34.3 Å². The Hall–Kier alpha value is -4.02. The minimum Gasteiger partial charge on any atom is -0.333 e. The fourth-order valence-electron chi connectivity index (χ4n) is 4.47. The van der Waals surface area contributed by atoms with Crippen molar-refractivity contribution in [1.82, 2.24) is 19.8 Å². The summed E-state index contributed by atoms with van der Waals surface area (Å²) in [6.45, 7) is -0.126. The number of nitrogens with one attached hydrogen (secondary N) is 1. The van der Waals surface area contributed by atoms with Crippen LogP contribution in [0.4, 0.5) is 17.6 Å². The molecule has 35 heavy (non-hydrogen) atoms. The molecule has 1 fully saturated rings. The largest absolute Gasteiger partial charge is 0.416 e. The molecule has 5 rings (SSSR count). The number of benzene rings is 2. The second-order valence-corrected chi connectivity index (χ2v) is 8.49. The highest BCUT2D eigenvalue weighted by molar-refractivity contribution is 6.05. The fraction of sp³-hybridized carbons (Fsp3) is 0.250. The van der Waals surface area contributed by atoms with Gasteiger partial charge >= 0.3 is 6.18 Å². The first-order valence-corrected chi connectivity index (χ1v) is 10.7. The Balaban J connectivity index is 1.45. The second kappa shape index (κ2) is 8.03. The minimum absolute atomic E-state index is 0.0882. The molecule has 0 bridgehead atoms. The summed E-state index contributed by atoms with van der Waals surface area (Å²) in [5, 5.41) is 2.20. The number of carbonyl (C=O) groups excluding carboxylic acids is 3. The molecule has 0 spiro atoms. The SMILES string of the molecule is Cn1cc(-c2ccc3c(c2F)CN(C2CCC(=O)NC2=O)C3=O)nc1-c1ccc(C(F)(F)F)cc1. The quantitative estimate of drug-likeness (QED) is 0.452. The Morgan fingerprint density at radius 1 is 1.03 bits per heavy atom. The third kappa shape index (κ3) is 3.86. The topological polar surface area (TPSA) is 84.3 Å². The molecule has 11 heteroatoms. The van der Waals surface area contributed by atoms with Crippen LogP contribution < -0.4 is 5.32 Å². The van der Waals surface area contributed by atoms with Gasteiger partial charge in [-0.25, -0.2) is 9.37 Å². The van der Waals surface area contributed by atoms with Gasteiger partial charge in [-0.15, -0.1) is 0 Å². The number of piperidine rings is 1. The highest BCUT2D eigenvalue weighted by atomic mass is 19.4. The molecular formula is C24H18F4N4O3. The lowest BCUT2D eigenvalue weighted by atomic mass is 10.0. The monoisotopic (exact) mass is 486 g/mol. The smallest absolute Gasteiger partial charge is 0.333 e. The molecule has 2 aromatic carbocycles. The number of imidazole rings is 1. The van der Waals surface area contributed by atoms with Crippen LogP contribution in [0.3, 0.4) is 0 Å². The van der Waals surface area contributed by atoms with Gasteiger partial charge in [0.15, 0.2) is 0 Å². The van der Waals surface area contributed by atoms with Crippen molar-refractivity contribution in [3.8, 4) is 22.6 Å². The second-order valence-electron chi connectivity index (χ2n) is 8.49. The molecule has 2 aliphatic heterocycles. The standard InChI is InChI=1S/C24H18F4N4O3/c1-31-11-17(29-21(31)12-2-4-13(5-3-12)24(26,27)28)15-7-6-14-16(20(15)25)10-32(23(14)35)18-8-9-19(33)30-22(18)34/h2-7,11,18H,8-10H2,1H3,(H,30,33,34). The Labute approximate surface area is 196 Å². The van der Waals surface area contributed by atoms with Gasteiger partial charge in [-0.3, -0.25) is 19.7 Å². The van der Waals surface area contributed by atoms with Crippen molar-refractivity contribution in [2.24, 2.45) is 7.05 Å². The molecule has 3 heterocycles. The van der Waals surface area contributed by atoms with E-state index in [1.165, 1.54) is 29.2 Å². The molecule has 1 atom stereocenters. The molecule has 0 radical (unpaired) electrons. The number of hydrogen-bond donors (Lipinski definition) is 1. The molecule has 7 nitrogen and oxygen atoms in total. The number of hydrogen-bond acceptors (Lipinski definition) is 4. The van der Waals surface area contributed by atoms with E-state index in [-0.39, 0.29) is 41.8 Å². The molecule has 1 aromatic heterocycles. The summed E-state index contributed by atoms with van der Waals surface area (Å²) in [6, 6.07) is 6.52. The van der Waals surface area contributed by atoms with E-state index in [4.69, 9.17) is 0 Å². The first-order chi connectivity index (χ1) is 16.5.